The van der Waals surface area contributed by atoms with Crippen LogP contribution in [0.15, 0.2) is 60.8 Å². The van der Waals surface area contributed by atoms with Crippen LogP contribution in [0.25, 0.3) is 0 Å². The molecule has 2 atom stereocenters. The van der Waals surface area contributed by atoms with Gasteiger partial charge in [-0.25, -0.2) is 9.78 Å². The minimum absolute atomic E-state index is 0.0516. The van der Waals surface area contributed by atoms with Gasteiger partial charge >= 0.3 is 5.97 Å². The number of nitrogens with zero attached hydrogens (tertiary/aromatic N) is 2. The molecule has 2 aromatic carbocycles. The number of aromatic nitrogens is 1. The minimum atomic E-state index is -1.04. The maximum Gasteiger partial charge on any atom is 0.347 e. The average molecular weight is 465 g/mol. The quantitative estimate of drug-likeness (QED) is 0.451. The van der Waals surface area contributed by atoms with Crippen LogP contribution in [-0.4, -0.2) is 28.0 Å². The Kier molecular flexibility index (Phi) is 6.51. The van der Waals surface area contributed by atoms with E-state index >= 15 is 0 Å². The molecule has 1 N–H and O–H groups in total. The second kappa shape index (κ2) is 9.35. The van der Waals surface area contributed by atoms with E-state index in [9.17, 15) is 14.7 Å². The first-order valence-electron chi connectivity index (χ1n) is 11.1. The third-order valence-corrected chi connectivity index (χ3v) is 6.92. The minimum Gasteiger partial charge on any atom is -0.477 e. The van der Waals surface area contributed by atoms with Crippen molar-refractivity contribution in [3.05, 3.63) is 71.2 Å². The predicted octanol–water partition coefficient (Wildman–Crippen LogP) is 6.50. The van der Waals surface area contributed by atoms with Crippen LogP contribution in [0.3, 0.4) is 0 Å². The first-order chi connectivity index (χ1) is 15.7. The van der Waals surface area contributed by atoms with E-state index in [1.54, 1.807) is 29.2 Å². The van der Waals surface area contributed by atoms with Gasteiger partial charge in [0, 0.05) is 11.6 Å². The van der Waals surface area contributed by atoms with Crippen molar-refractivity contribution in [1.29, 1.82) is 0 Å². The maximum absolute atomic E-state index is 13.7. The zero-order valence-electron chi connectivity index (χ0n) is 19.0. The van der Waals surface area contributed by atoms with Crippen molar-refractivity contribution >= 4 is 28.3 Å². The third kappa shape index (κ3) is 5.42. The van der Waals surface area contributed by atoms with Crippen molar-refractivity contribution in [1.82, 2.24) is 4.98 Å². The molecule has 7 heteroatoms. The summed E-state index contributed by atoms with van der Waals surface area (Å²) in [5.41, 5.74) is 0.597. The molecule has 1 aliphatic rings. The standard InChI is InChI=1S/C26H28N2O4S/c1-17-13-19(15-26(2,3)14-17)28(25-27-16-22(33-25)24(30)31)23(29)18-9-11-21(12-10-18)32-20-7-5-4-6-8-20/h4-12,16-17,19H,13-15H2,1-3H3,(H,30,31)/t17-,19?/m1/s1. The van der Waals surface area contributed by atoms with E-state index in [4.69, 9.17) is 4.74 Å². The van der Waals surface area contributed by atoms with Crippen LogP contribution in [0.5, 0.6) is 11.5 Å². The molecule has 172 valence electrons. The van der Waals surface area contributed by atoms with Crippen LogP contribution in [0, 0.1) is 11.3 Å². The number of carbonyl (C=O) groups excluding carboxylic acids is 1. The zero-order chi connectivity index (χ0) is 23.6. The van der Waals surface area contributed by atoms with E-state index < -0.39 is 5.97 Å². The van der Waals surface area contributed by atoms with Gasteiger partial charge in [0.05, 0.1) is 6.20 Å². The molecule has 1 saturated carbocycles. The summed E-state index contributed by atoms with van der Waals surface area (Å²) in [6, 6.07) is 16.5. The molecule has 0 spiro atoms. The van der Waals surface area contributed by atoms with Crippen molar-refractivity contribution in [2.45, 2.75) is 46.1 Å². The number of para-hydroxylation sites is 1. The Morgan fingerprint density at radius 2 is 1.73 bits per heavy atom. The number of amides is 1. The van der Waals surface area contributed by atoms with Gasteiger partial charge in [-0.1, -0.05) is 50.3 Å². The number of rotatable bonds is 6. The molecule has 1 aliphatic carbocycles. The van der Waals surface area contributed by atoms with Gasteiger partial charge in [0.25, 0.3) is 5.91 Å². The van der Waals surface area contributed by atoms with Gasteiger partial charge in [0.2, 0.25) is 0 Å². The van der Waals surface area contributed by atoms with Gasteiger partial charge in [-0.15, -0.1) is 0 Å². The maximum atomic E-state index is 13.7. The molecule has 1 aromatic heterocycles. The molecule has 4 rings (SSSR count). The van der Waals surface area contributed by atoms with Gasteiger partial charge in [-0.05, 0) is 67.0 Å². The summed E-state index contributed by atoms with van der Waals surface area (Å²) in [4.78, 5) is 31.3. The number of hydrogen-bond donors (Lipinski definition) is 1. The zero-order valence-corrected chi connectivity index (χ0v) is 19.8. The molecule has 33 heavy (non-hydrogen) atoms. The number of benzene rings is 2. The highest BCUT2D eigenvalue weighted by atomic mass is 32.1. The molecule has 1 unspecified atom stereocenters. The van der Waals surface area contributed by atoms with Gasteiger partial charge < -0.3 is 9.84 Å². The summed E-state index contributed by atoms with van der Waals surface area (Å²) in [5.74, 6) is 0.600. The van der Waals surface area contributed by atoms with Crippen molar-refractivity contribution < 1.29 is 19.4 Å². The first-order valence-corrected chi connectivity index (χ1v) is 11.9. The van der Waals surface area contributed by atoms with Gasteiger partial charge in [-0.3, -0.25) is 9.69 Å². The molecule has 1 amide bonds. The highest BCUT2D eigenvalue weighted by Gasteiger charge is 2.38. The molecule has 0 aliphatic heterocycles. The van der Waals surface area contributed by atoms with Crippen molar-refractivity contribution in [3.8, 4) is 11.5 Å². The molecule has 0 saturated heterocycles. The highest BCUT2D eigenvalue weighted by molar-refractivity contribution is 7.17. The number of aromatic carboxylic acids is 1. The van der Waals surface area contributed by atoms with E-state index in [0.29, 0.717) is 22.4 Å². The second-order valence-electron chi connectivity index (χ2n) is 9.49. The third-order valence-electron chi connectivity index (χ3n) is 5.94. The van der Waals surface area contributed by atoms with E-state index in [1.165, 1.54) is 6.20 Å². The fourth-order valence-electron chi connectivity index (χ4n) is 4.81. The molecular weight excluding hydrogens is 436 g/mol. The second-order valence-corrected chi connectivity index (χ2v) is 10.5. The fourth-order valence-corrected chi connectivity index (χ4v) is 5.63. The van der Waals surface area contributed by atoms with Gasteiger partial charge in [-0.2, -0.15) is 0 Å². The van der Waals surface area contributed by atoms with Gasteiger partial charge in [0.15, 0.2) is 5.13 Å². The van der Waals surface area contributed by atoms with Crippen LogP contribution >= 0.6 is 11.3 Å². The molecule has 3 aromatic rings. The lowest BCUT2D eigenvalue weighted by Gasteiger charge is -2.43. The van der Waals surface area contributed by atoms with E-state index in [2.05, 4.69) is 25.8 Å². The summed E-state index contributed by atoms with van der Waals surface area (Å²) >= 11 is 1.04. The molecule has 0 bridgehead atoms. The number of thiazole rings is 1. The number of anilines is 1. The Morgan fingerprint density at radius 1 is 1.06 bits per heavy atom. The Labute approximate surface area is 197 Å². The van der Waals surface area contributed by atoms with Crippen molar-refractivity contribution in [3.63, 3.8) is 0 Å². The smallest absolute Gasteiger partial charge is 0.347 e. The number of carboxylic acids is 1. The largest absolute Gasteiger partial charge is 0.477 e. The molecule has 1 fully saturated rings. The SMILES string of the molecule is C[C@@H]1CC(N(C(=O)c2ccc(Oc3ccccc3)cc2)c2ncc(C(=O)O)s2)CC(C)(C)C1. The predicted molar refractivity (Wildman–Crippen MR) is 129 cm³/mol. The lowest BCUT2D eigenvalue weighted by atomic mass is 9.70. The monoisotopic (exact) mass is 464 g/mol. The molecular formula is C26H28N2O4S. The summed E-state index contributed by atoms with van der Waals surface area (Å²) < 4.78 is 5.85. The Morgan fingerprint density at radius 3 is 2.33 bits per heavy atom. The summed E-state index contributed by atoms with van der Waals surface area (Å²) in [5, 5.41) is 9.80. The van der Waals surface area contributed by atoms with Crippen LogP contribution in [0.4, 0.5) is 5.13 Å². The summed E-state index contributed by atoms with van der Waals surface area (Å²) in [7, 11) is 0. The average Bonchev–Trinajstić information content (AvgIpc) is 3.24. The number of carboxylic acid groups (broad SMARTS) is 1. The Balaban J connectivity index is 1.63. The Hall–Kier alpha value is -3.19. The lowest BCUT2D eigenvalue weighted by molar-refractivity contribution is 0.0701. The van der Waals surface area contributed by atoms with E-state index in [0.717, 1.165) is 36.3 Å². The fraction of sp³-hybridized carbons (Fsp3) is 0.346. The van der Waals surface area contributed by atoms with Crippen LogP contribution < -0.4 is 9.64 Å². The first kappa shape index (κ1) is 23.0. The molecule has 1 heterocycles. The van der Waals surface area contributed by atoms with E-state index in [1.807, 2.05) is 30.3 Å². The van der Waals surface area contributed by atoms with Crippen LogP contribution in [-0.2, 0) is 0 Å². The van der Waals surface area contributed by atoms with Gasteiger partial charge in [0.1, 0.15) is 16.4 Å². The van der Waals surface area contributed by atoms with E-state index in [-0.39, 0.29) is 22.2 Å². The summed E-state index contributed by atoms with van der Waals surface area (Å²) in [6.07, 6.45) is 4.11. The van der Waals surface area contributed by atoms with Crippen LogP contribution in [0.2, 0.25) is 0 Å². The van der Waals surface area contributed by atoms with Crippen LogP contribution in [0.1, 0.15) is 60.1 Å². The Bertz CT molecular complexity index is 1120. The lowest BCUT2D eigenvalue weighted by Crippen LogP contribution is -2.46. The molecule has 0 radical (unpaired) electrons. The van der Waals surface area contributed by atoms with Crippen molar-refractivity contribution in [2.24, 2.45) is 11.3 Å². The normalized spacial score (nSPS) is 19.6. The number of hydrogen-bond acceptors (Lipinski definition) is 5. The number of ether oxygens (including phenoxy) is 1. The summed E-state index contributed by atoms with van der Waals surface area (Å²) in [6.45, 7) is 6.65. The topological polar surface area (TPSA) is 79.7 Å². The number of carbonyl (C=O) groups is 2. The van der Waals surface area contributed by atoms with Crippen molar-refractivity contribution in [2.75, 3.05) is 4.90 Å². The molecule has 6 nitrogen and oxygen atoms in total. The highest BCUT2D eigenvalue weighted by Crippen LogP contribution is 2.42.